The zero-order chi connectivity index (χ0) is 15.5. The van der Waals surface area contributed by atoms with Gasteiger partial charge in [-0.2, -0.15) is 0 Å². The fraction of sp³-hybridized carbons (Fsp3) is 0.500. The second-order valence-corrected chi connectivity index (χ2v) is 6.53. The van der Waals surface area contributed by atoms with Crippen molar-refractivity contribution in [2.45, 2.75) is 38.8 Å². The van der Waals surface area contributed by atoms with E-state index < -0.39 is 0 Å². The van der Waals surface area contributed by atoms with E-state index in [2.05, 4.69) is 10.3 Å². The van der Waals surface area contributed by atoms with Gasteiger partial charge in [-0.3, -0.25) is 0 Å². The van der Waals surface area contributed by atoms with Gasteiger partial charge >= 0.3 is 0 Å². The smallest absolute Gasteiger partial charge is 0.124 e. The summed E-state index contributed by atoms with van der Waals surface area (Å²) >= 11 is 6.11. The molecule has 1 aromatic heterocycles. The van der Waals surface area contributed by atoms with Gasteiger partial charge in [0.05, 0.1) is 18.8 Å². The molecule has 0 amide bonds. The maximum Gasteiger partial charge on any atom is 0.124 e. The molecule has 22 heavy (non-hydrogen) atoms. The minimum absolute atomic E-state index is 0.0776. The fourth-order valence-corrected chi connectivity index (χ4v) is 2.51. The van der Waals surface area contributed by atoms with Crippen LogP contribution in [0.4, 0.5) is 0 Å². The number of benzene rings is 1. The number of nitrogens with two attached hydrogens (primary N) is 1. The van der Waals surface area contributed by atoms with E-state index in [1.165, 1.54) is 12.8 Å². The van der Waals surface area contributed by atoms with Crippen LogP contribution in [0.25, 0.3) is 0 Å². The summed E-state index contributed by atoms with van der Waals surface area (Å²) in [6, 6.07) is 5.79. The van der Waals surface area contributed by atoms with E-state index in [0.717, 1.165) is 30.0 Å². The molecule has 2 aromatic rings. The molecule has 0 radical (unpaired) electrons. The van der Waals surface area contributed by atoms with Gasteiger partial charge in [-0.05, 0) is 43.9 Å². The number of halogens is 1. The van der Waals surface area contributed by atoms with E-state index in [4.69, 9.17) is 22.1 Å². The lowest BCUT2D eigenvalue weighted by molar-refractivity contribution is 0.296. The largest absolute Gasteiger partial charge is 0.493 e. The Kier molecular flexibility index (Phi) is 4.64. The molecule has 1 aliphatic carbocycles. The molecule has 1 saturated carbocycles. The van der Waals surface area contributed by atoms with Gasteiger partial charge in [-0.25, -0.2) is 4.68 Å². The first-order valence-corrected chi connectivity index (χ1v) is 8.04. The van der Waals surface area contributed by atoms with Crippen LogP contribution in [0.5, 0.6) is 5.75 Å². The quantitative estimate of drug-likeness (QED) is 0.851. The maximum atomic E-state index is 6.11. The fourth-order valence-electron chi connectivity index (χ4n) is 2.32. The summed E-state index contributed by atoms with van der Waals surface area (Å²) in [4.78, 5) is 0. The first-order chi connectivity index (χ1) is 10.6. The van der Waals surface area contributed by atoms with Gasteiger partial charge in [0.15, 0.2) is 0 Å². The molecule has 1 aromatic carbocycles. The molecular formula is C16H21ClN4O. The summed E-state index contributed by atoms with van der Waals surface area (Å²) in [5.74, 6) is 1.59. The van der Waals surface area contributed by atoms with E-state index in [0.29, 0.717) is 17.5 Å². The predicted octanol–water partition coefficient (Wildman–Crippen LogP) is 2.66. The normalized spacial score (nSPS) is 15.8. The molecule has 3 rings (SSSR count). The molecule has 1 atom stereocenters. The second kappa shape index (κ2) is 6.67. The average Bonchev–Trinajstić information content (AvgIpc) is 3.19. The van der Waals surface area contributed by atoms with Crippen LogP contribution in [-0.4, -0.2) is 27.6 Å². The molecule has 1 fully saturated rings. The van der Waals surface area contributed by atoms with Crippen molar-refractivity contribution in [3.8, 4) is 5.75 Å². The molecule has 1 heterocycles. The highest BCUT2D eigenvalue weighted by Crippen LogP contribution is 2.31. The third kappa shape index (κ3) is 4.21. The Labute approximate surface area is 135 Å². The molecule has 0 aliphatic heterocycles. The van der Waals surface area contributed by atoms with Crippen molar-refractivity contribution >= 4 is 11.6 Å². The van der Waals surface area contributed by atoms with Crippen molar-refractivity contribution in [2.24, 2.45) is 11.7 Å². The van der Waals surface area contributed by atoms with Crippen molar-refractivity contribution < 1.29 is 4.74 Å². The van der Waals surface area contributed by atoms with Crippen LogP contribution in [-0.2, 0) is 13.0 Å². The zero-order valence-electron chi connectivity index (χ0n) is 12.7. The Morgan fingerprint density at radius 3 is 3.00 bits per heavy atom. The Balaban J connectivity index is 1.71. The van der Waals surface area contributed by atoms with Gasteiger partial charge in [-0.15, -0.1) is 5.10 Å². The average molecular weight is 321 g/mol. The Bertz CT molecular complexity index is 637. The van der Waals surface area contributed by atoms with Crippen LogP contribution in [0, 0.1) is 5.92 Å². The molecule has 0 spiro atoms. The summed E-state index contributed by atoms with van der Waals surface area (Å²) < 4.78 is 7.72. The van der Waals surface area contributed by atoms with Crippen LogP contribution in [0.3, 0.4) is 0 Å². The first kappa shape index (κ1) is 15.3. The monoisotopic (exact) mass is 320 g/mol. The van der Waals surface area contributed by atoms with Gasteiger partial charge in [0.1, 0.15) is 5.75 Å². The molecule has 0 bridgehead atoms. The van der Waals surface area contributed by atoms with Crippen LogP contribution in [0.15, 0.2) is 24.4 Å². The van der Waals surface area contributed by atoms with Crippen molar-refractivity contribution in [3.05, 3.63) is 40.7 Å². The van der Waals surface area contributed by atoms with Crippen molar-refractivity contribution in [1.29, 1.82) is 0 Å². The summed E-state index contributed by atoms with van der Waals surface area (Å²) in [5.41, 5.74) is 7.71. The summed E-state index contributed by atoms with van der Waals surface area (Å²) in [5, 5.41) is 9.00. The van der Waals surface area contributed by atoms with E-state index >= 15 is 0 Å². The van der Waals surface area contributed by atoms with Gasteiger partial charge in [0.25, 0.3) is 0 Å². The maximum absolute atomic E-state index is 6.11. The highest BCUT2D eigenvalue weighted by Gasteiger charge is 2.22. The minimum atomic E-state index is 0.0776. The topological polar surface area (TPSA) is 66.0 Å². The molecular weight excluding hydrogens is 300 g/mol. The number of ether oxygens (including phenoxy) is 1. The first-order valence-electron chi connectivity index (χ1n) is 7.66. The standard InChI is InChI=1S/C16H21ClN4O/c1-11(18)6-15-9-21(20-19-15)8-13-7-14(17)4-5-16(13)22-10-12-2-3-12/h4-5,7,9,11-12H,2-3,6,8,10,18H2,1H3. The SMILES string of the molecule is CC(N)Cc1cn(Cc2cc(Cl)ccc2OCC2CC2)nn1. The zero-order valence-corrected chi connectivity index (χ0v) is 13.5. The third-order valence-corrected chi connectivity index (χ3v) is 3.88. The van der Waals surface area contributed by atoms with Crippen LogP contribution in [0.2, 0.25) is 5.02 Å². The molecule has 0 saturated heterocycles. The number of aromatic nitrogens is 3. The highest BCUT2D eigenvalue weighted by atomic mass is 35.5. The van der Waals surface area contributed by atoms with E-state index in [-0.39, 0.29) is 6.04 Å². The number of nitrogens with zero attached hydrogens (tertiary/aromatic N) is 3. The molecule has 1 unspecified atom stereocenters. The van der Waals surface area contributed by atoms with Crippen molar-refractivity contribution in [2.75, 3.05) is 6.61 Å². The third-order valence-electron chi connectivity index (χ3n) is 3.64. The van der Waals surface area contributed by atoms with Gasteiger partial charge < -0.3 is 10.5 Å². The lowest BCUT2D eigenvalue weighted by Gasteiger charge is -2.11. The van der Waals surface area contributed by atoms with E-state index in [9.17, 15) is 0 Å². The van der Waals surface area contributed by atoms with Gasteiger partial charge in [0, 0.05) is 29.2 Å². The molecule has 2 N–H and O–H groups in total. The Hall–Kier alpha value is -1.59. The highest BCUT2D eigenvalue weighted by molar-refractivity contribution is 6.30. The Morgan fingerprint density at radius 1 is 1.45 bits per heavy atom. The lowest BCUT2D eigenvalue weighted by atomic mass is 10.2. The Morgan fingerprint density at radius 2 is 2.27 bits per heavy atom. The molecule has 118 valence electrons. The van der Waals surface area contributed by atoms with E-state index in [1.807, 2.05) is 31.3 Å². The van der Waals surface area contributed by atoms with Gasteiger partial charge in [-0.1, -0.05) is 16.8 Å². The van der Waals surface area contributed by atoms with Crippen LogP contribution >= 0.6 is 11.6 Å². The molecule has 6 heteroatoms. The van der Waals surface area contributed by atoms with Crippen LogP contribution in [0.1, 0.15) is 31.0 Å². The van der Waals surface area contributed by atoms with E-state index in [1.54, 1.807) is 4.68 Å². The predicted molar refractivity (Wildman–Crippen MR) is 86.1 cm³/mol. The second-order valence-electron chi connectivity index (χ2n) is 6.10. The van der Waals surface area contributed by atoms with Crippen LogP contribution < -0.4 is 10.5 Å². The number of hydrogen-bond acceptors (Lipinski definition) is 4. The molecule has 5 nitrogen and oxygen atoms in total. The number of hydrogen-bond donors (Lipinski definition) is 1. The van der Waals surface area contributed by atoms with Gasteiger partial charge in [0.2, 0.25) is 0 Å². The van der Waals surface area contributed by atoms with Crippen molar-refractivity contribution in [3.63, 3.8) is 0 Å². The summed E-state index contributed by atoms with van der Waals surface area (Å²) in [6.07, 6.45) is 5.19. The lowest BCUT2D eigenvalue weighted by Crippen LogP contribution is -2.17. The minimum Gasteiger partial charge on any atom is -0.493 e. The summed E-state index contributed by atoms with van der Waals surface area (Å²) in [7, 11) is 0. The molecule has 1 aliphatic rings. The summed E-state index contributed by atoms with van der Waals surface area (Å²) in [6.45, 7) is 3.33. The van der Waals surface area contributed by atoms with Crippen molar-refractivity contribution in [1.82, 2.24) is 15.0 Å². The number of rotatable bonds is 7.